The zero-order valence-corrected chi connectivity index (χ0v) is 13.9. The number of para-hydroxylation sites is 1. The quantitative estimate of drug-likeness (QED) is 0.316. The standard InChI is InChI=1S/C23H25N2/c1-14-9-7-10-15-16-11-8-12-17-20(16)25-18(23(4,5)22(17,2)3)13-24(6)21(25)19(14)15/h7-13H,1-6H3/q+1/i2D3,3D3,4D3,5D3. The third kappa shape index (κ3) is 1.50. The summed E-state index contributed by atoms with van der Waals surface area (Å²) in [6, 6.07) is 9.96. The van der Waals surface area contributed by atoms with Crippen molar-refractivity contribution in [3.05, 3.63) is 59.4 Å². The summed E-state index contributed by atoms with van der Waals surface area (Å²) in [7, 11) is 1.61. The van der Waals surface area contributed by atoms with Gasteiger partial charge < -0.3 is 0 Å². The van der Waals surface area contributed by atoms with Crippen molar-refractivity contribution >= 4 is 27.3 Å². The second kappa shape index (κ2) is 4.24. The summed E-state index contributed by atoms with van der Waals surface area (Å²) in [5, 5.41) is 1.94. The molecular weight excluding hydrogens is 304 g/mol. The van der Waals surface area contributed by atoms with E-state index in [-0.39, 0.29) is 16.8 Å². The molecule has 0 radical (unpaired) electrons. The van der Waals surface area contributed by atoms with Gasteiger partial charge >= 0.3 is 0 Å². The molecule has 0 saturated heterocycles. The Balaban J connectivity index is 2.31. The molecule has 2 aromatic carbocycles. The number of aromatic nitrogens is 2. The smallest absolute Gasteiger partial charge is 0.232 e. The molecule has 25 heavy (non-hydrogen) atoms. The molecule has 0 amide bonds. The lowest BCUT2D eigenvalue weighted by atomic mass is 9.61. The third-order valence-electron chi connectivity index (χ3n) is 5.50. The van der Waals surface area contributed by atoms with Gasteiger partial charge in [0.25, 0.3) is 5.65 Å². The van der Waals surface area contributed by atoms with E-state index in [2.05, 4.69) is 0 Å². The monoisotopic (exact) mass is 341 g/mol. The van der Waals surface area contributed by atoms with Crippen molar-refractivity contribution in [3.8, 4) is 0 Å². The molecule has 0 bridgehead atoms. The number of nitrogens with zero attached hydrogens (tertiary/aromatic N) is 2. The zero-order valence-electron chi connectivity index (χ0n) is 25.9. The maximum absolute atomic E-state index is 8.61. The number of pyridine rings is 1. The second-order valence-electron chi connectivity index (χ2n) is 6.98. The predicted octanol–water partition coefficient (Wildman–Crippen LogP) is 4.95. The maximum Gasteiger partial charge on any atom is 0.295 e. The van der Waals surface area contributed by atoms with Crippen LogP contribution in [-0.4, -0.2) is 4.40 Å². The van der Waals surface area contributed by atoms with Crippen LogP contribution in [0.1, 0.15) is 60.7 Å². The van der Waals surface area contributed by atoms with Crippen LogP contribution in [0.25, 0.3) is 27.3 Å². The van der Waals surface area contributed by atoms with Crippen molar-refractivity contribution in [1.82, 2.24) is 4.40 Å². The van der Waals surface area contributed by atoms with Crippen LogP contribution in [-0.2, 0) is 17.9 Å². The van der Waals surface area contributed by atoms with Gasteiger partial charge in [-0.3, -0.25) is 0 Å². The number of imidazole rings is 1. The van der Waals surface area contributed by atoms with Gasteiger partial charge in [-0.1, -0.05) is 63.8 Å². The summed E-state index contributed by atoms with van der Waals surface area (Å²) < 4.78 is 106. The summed E-state index contributed by atoms with van der Waals surface area (Å²) in [5.41, 5.74) is -5.87. The van der Waals surface area contributed by atoms with Crippen LogP contribution in [0.5, 0.6) is 0 Å². The third-order valence-corrected chi connectivity index (χ3v) is 5.50. The van der Waals surface area contributed by atoms with Crippen LogP contribution in [0.3, 0.4) is 0 Å². The molecule has 2 nitrogen and oxygen atoms in total. The fourth-order valence-corrected chi connectivity index (χ4v) is 4.24. The molecule has 1 aliphatic heterocycles. The topological polar surface area (TPSA) is 8.29 Å². The van der Waals surface area contributed by atoms with Crippen molar-refractivity contribution in [2.75, 3.05) is 0 Å². The molecule has 1 aliphatic rings. The van der Waals surface area contributed by atoms with E-state index in [0.29, 0.717) is 16.4 Å². The second-order valence-corrected chi connectivity index (χ2v) is 6.98. The van der Waals surface area contributed by atoms with Crippen LogP contribution in [0.4, 0.5) is 0 Å². The molecule has 4 aromatic rings. The molecule has 0 fully saturated rings. The number of hydrogen-bond acceptors (Lipinski definition) is 0. The van der Waals surface area contributed by atoms with Crippen molar-refractivity contribution in [3.63, 3.8) is 0 Å². The van der Waals surface area contributed by atoms with Gasteiger partial charge in [-0.25, -0.2) is 4.57 Å². The number of hydrogen-bond donors (Lipinski definition) is 0. The van der Waals surface area contributed by atoms with E-state index in [1.807, 2.05) is 25.1 Å². The van der Waals surface area contributed by atoms with Gasteiger partial charge in [0.15, 0.2) is 5.69 Å². The Kier molecular flexibility index (Phi) is 1.21. The minimum Gasteiger partial charge on any atom is -0.232 e. The average Bonchev–Trinajstić information content (AvgIpc) is 3.05. The highest BCUT2D eigenvalue weighted by atomic mass is 15.1. The first-order chi connectivity index (χ1) is 16.8. The fourth-order valence-electron chi connectivity index (χ4n) is 4.24. The SMILES string of the molecule is [2H]C([2H])([2H])C1(C([2H])([2H])[2H])c2cccc3c4cccc(C)c4c4n(c(c[n+]4C)C1(C([2H])([2H])[2H])C([2H])([2H])[2H])c23. The van der Waals surface area contributed by atoms with Gasteiger partial charge in [0.05, 0.1) is 12.4 Å². The summed E-state index contributed by atoms with van der Waals surface area (Å²) in [6.07, 6.45) is 1.28. The Morgan fingerprint density at radius 2 is 1.68 bits per heavy atom. The minimum absolute atomic E-state index is 0.183. The highest BCUT2D eigenvalue weighted by molar-refractivity contribution is 6.13. The Labute approximate surface area is 165 Å². The van der Waals surface area contributed by atoms with Crippen LogP contribution in [0, 0.1) is 6.92 Å². The highest BCUT2D eigenvalue weighted by Crippen LogP contribution is 2.50. The van der Waals surface area contributed by atoms with Gasteiger partial charge in [0.2, 0.25) is 0 Å². The summed E-state index contributed by atoms with van der Waals surface area (Å²) in [4.78, 5) is 0. The Bertz CT molecular complexity index is 1570. The first-order valence-electron chi connectivity index (χ1n) is 14.1. The number of fused-ring (bicyclic) bond motifs is 3. The number of aryl methyl sites for hydroxylation is 2. The zero-order chi connectivity index (χ0) is 27.7. The van der Waals surface area contributed by atoms with Gasteiger partial charge in [-0.05, 0) is 12.5 Å². The van der Waals surface area contributed by atoms with E-state index in [4.69, 9.17) is 16.4 Å². The van der Waals surface area contributed by atoms with Crippen LogP contribution < -0.4 is 4.57 Å². The first kappa shape index (κ1) is 7.11. The Hall–Kier alpha value is -2.35. The molecule has 0 N–H and O–H groups in total. The molecule has 5 rings (SSSR count). The van der Waals surface area contributed by atoms with Gasteiger partial charge in [-0.15, -0.1) is 0 Å². The summed E-state index contributed by atoms with van der Waals surface area (Å²) >= 11 is 0. The molecule has 0 atom stereocenters. The van der Waals surface area contributed by atoms with Crippen molar-refractivity contribution in [2.24, 2.45) is 7.05 Å². The summed E-state index contributed by atoms with van der Waals surface area (Å²) in [5.74, 6) is 0. The first-order valence-corrected chi connectivity index (χ1v) is 8.13. The minimum atomic E-state index is -3.57. The van der Waals surface area contributed by atoms with E-state index >= 15 is 0 Å². The highest BCUT2D eigenvalue weighted by Gasteiger charge is 2.50. The Morgan fingerprint density at radius 1 is 0.960 bits per heavy atom. The molecule has 0 unspecified atom stereocenters. The van der Waals surface area contributed by atoms with Crippen LogP contribution in [0.15, 0.2) is 42.6 Å². The molecule has 2 heteroatoms. The fraction of sp³-hybridized carbons (Fsp3) is 0.348. The summed E-state index contributed by atoms with van der Waals surface area (Å²) in [6.45, 7) is -12.4. The van der Waals surface area contributed by atoms with Crippen molar-refractivity contribution in [1.29, 1.82) is 0 Å². The lowest BCUT2D eigenvalue weighted by molar-refractivity contribution is -0.643. The maximum atomic E-state index is 8.61. The average molecular weight is 342 g/mol. The van der Waals surface area contributed by atoms with Crippen molar-refractivity contribution < 1.29 is 21.0 Å². The predicted molar refractivity (Wildman–Crippen MR) is 104 cm³/mol. The van der Waals surface area contributed by atoms with Crippen LogP contribution >= 0.6 is 0 Å². The molecule has 3 heterocycles. The molecule has 126 valence electrons. The number of rotatable bonds is 0. The lowest BCUT2D eigenvalue weighted by Gasteiger charge is -2.42. The molecule has 0 aliphatic carbocycles. The lowest BCUT2D eigenvalue weighted by Crippen LogP contribution is -2.44. The van der Waals surface area contributed by atoms with Crippen molar-refractivity contribution in [2.45, 2.75) is 45.2 Å². The number of benzene rings is 2. The van der Waals surface area contributed by atoms with Gasteiger partial charge in [0.1, 0.15) is 11.7 Å². The molecule has 0 saturated carbocycles. The van der Waals surface area contributed by atoms with Crippen LogP contribution in [0.2, 0.25) is 0 Å². The normalized spacial score (nSPS) is 27.0. The van der Waals surface area contributed by atoms with Gasteiger partial charge in [0, 0.05) is 43.6 Å². The largest absolute Gasteiger partial charge is 0.295 e. The van der Waals surface area contributed by atoms with E-state index in [0.717, 1.165) is 10.9 Å². The van der Waals surface area contributed by atoms with E-state index in [9.17, 15) is 0 Å². The van der Waals surface area contributed by atoms with E-state index < -0.39 is 38.2 Å². The van der Waals surface area contributed by atoms with E-state index in [1.165, 1.54) is 22.7 Å². The van der Waals surface area contributed by atoms with E-state index in [1.54, 1.807) is 17.7 Å². The molecule has 2 aromatic heterocycles. The Morgan fingerprint density at radius 3 is 2.44 bits per heavy atom. The molecular formula is C23H25N2+. The van der Waals surface area contributed by atoms with Gasteiger partial charge in [-0.2, -0.15) is 4.40 Å². The molecule has 0 spiro atoms.